The minimum absolute atomic E-state index is 0. The van der Waals surface area contributed by atoms with Crippen LogP contribution in [-0.4, -0.2) is 18.0 Å². The highest BCUT2D eigenvalue weighted by Gasteiger charge is 2.21. The van der Waals surface area contributed by atoms with Crippen molar-refractivity contribution in [1.82, 2.24) is 5.32 Å². The van der Waals surface area contributed by atoms with Gasteiger partial charge in [0.05, 0.1) is 9.21 Å². The summed E-state index contributed by atoms with van der Waals surface area (Å²) in [5.74, 6) is -0.103. The van der Waals surface area contributed by atoms with E-state index in [9.17, 15) is 4.79 Å². The number of nitrogens with one attached hydrogen (secondary N) is 1. The van der Waals surface area contributed by atoms with Crippen molar-refractivity contribution < 1.29 is 4.79 Å². The molecule has 17 heavy (non-hydrogen) atoms. The molecule has 98 valence electrons. The molecule has 3 nitrogen and oxygen atoms in total. The van der Waals surface area contributed by atoms with Crippen LogP contribution in [0.4, 0.5) is 0 Å². The minimum atomic E-state index is -0.309. The van der Waals surface area contributed by atoms with E-state index < -0.39 is 0 Å². The third-order valence-electron chi connectivity index (χ3n) is 2.81. The van der Waals surface area contributed by atoms with Gasteiger partial charge in [-0.15, -0.1) is 23.7 Å². The minimum Gasteiger partial charge on any atom is -0.349 e. The highest BCUT2D eigenvalue weighted by Crippen LogP contribution is 2.21. The molecule has 1 aromatic rings. The predicted octanol–water partition coefficient (Wildman–Crippen LogP) is 3.07. The van der Waals surface area contributed by atoms with E-state index >= 15 is 0 Å². The second kappa shape index (κ2) is 7.21. The van der Waals surface area contributed by atoms with E-state index in [2.05, 4.69) is 5.32 Å². The van der Waals surface area contributed by atoms with E-state index in [1.807, 2.05) is 13.8 Å². The summed E-state index contributed by atoms with van der Waals surface area (Å²) >= 11 is 7.04. The van der Waals surface area contributed by atoms with Crippen molar-refractivity contribution in [2.75, 3.05) is 6.54 Å². The van der Waals surface area contributed by atoms with E-state index in [4.69, 9.17) is 17.3 Å². The molecule has 0 radical (unpaired) electrons. The molecule has 1 aromatic heterocycles. The van der Waals surface area contributed by atoms with Gasteiger partial charge in [0.1, 0.15) is 0 Å². The predicted molar refractivity (Wildman–Crippen MR) is 76.4 cm³/mol. The van der Waals surface area contributed by atoms with Crippen LogP contribution < -0.4 is 11.1 Å². The molecule has 0 unspecified atom stereocenters. The summed E-state index contributed by atoms with van der Waals surface area (Å²) in [6.45, 7) is 4.55. The summed E-state index contributed by atoms with van der Waals surface area (Å²) in [6.07, 6.45) is 1.68. The van der Waals surface area contributed by atoms with E-state index in [1.165, 1.54) is 11.3 Å². The van der Waals surface area contributed by atoms with Gasteiger partial charge in [0.2, 0.25) is 0 Å². The molecule has 0 aliphatic carbocycles. The van der Waals surface area contributed by atoms with Gasteiger partial charge in [-0.05, 0) is 25.0 Å². The Balaban J connectivity index is 0.00000256. The van der Waals surface area contributed by atoms with Crippen molar-refractivity contribution in [2.45, 2.75) is 32.2 Å². The summed E-state index contributed by atoms with van der Waals surface area (Å²) in [4.78, 5) is 12.3. The number of thiophene rings is 1. The van der Waals surface area contributed by atoms with Gasteiger partial charge < -0.3 is 11.1 Å². The van der Waals surface area contributed by atoms with Crippen LogP contribution in [-0.2, 0) is 0 Å². The maximum atomic E-state index is 11.7. The zero-order valence-electron chi connectivity index (χ0n) is 9.96. The molecule has 0 atom stereocenters. The number of amides is 1. The van der Waals surface area contributed by atoms with Crippen LogP contribution >= 0.6 is 35.3 Å². The number of rotatable bonds is 5. The van der Waals surface area contributed by atoms with Crippen molar-refractivity contribution in [1.29, 1.82) is 0 Å². The molecule has 0 aliphatic rings. The molecule has 0 spiro atoms. The quantitative estimate of drug-likeness (QED) is 0.877. The number of carbonyl (C=O) groups is 1. The number of carbonyl (C=O) groups excluding carboxylic acids is 1. The first-order valence-electron chi connectivity index (χ1n) is 5.33. The second-order valence-electron chi connectivity index (χ2n) is 3.86. The van der Waals surface area contributed by atoms with Gasteiger partial charge in [-0.25, -0.2) is 0 Å². The average Bonchev–Trinajstić information content (AvgIpc) is 2.72. The zero-order chi connectivity index (χ0) is 12.2. The third-order valence-corrected chi connectivity index (χ3v) is 4.04. The smallest absolute Gasteiger partial charge is 0.261 e. The van der Waals surface area contributed by atoms with E-state index in [0.29, 0.717) is 15.8 Å². The van der Waals surface area contributed by atoms with Crippen LogP contribution in [0.1, 0.15) is 36.4 Å². The van der Waals surface area contributed by atoms with Crippen LogP contribution in [0.25, 0.3) is 0 Å². The summed E-state index contributed by atoms with van der Waals surface area (Å²) < 4.78 is 0.621. The Morgan fingerprint density at radius 2 is 2.06 bits per heavy atom. The number of nitrogens with two attached hydrogens (primary N) is 1. The van der Waals surface area contributed by atoms with Crippen molar-refractivity contribution in [3.8, 4) is 0 Å². The fraction of sp³-hybridized carbons (Fsp3) is 0.545. The van der Waals surface area contributed by atoms with Crippen LogP contribution in [0.5, 0.6) is 0 Å². The molecule has 1 rings (SSSR count). The summed E-state index contributed by atoms with van der Waals surface area (Å²) in [5, 5.41) is 2.84. The molecule has 1 heterocycles. The Kier molecular flexibility index (Phi) is 7.09. The highest BCUT2D eigenvalue weighted by molar-refractivity contribution is 7.17. The van der Waals surface area contributed by atoms with Crippen molar-refractivity contribution in [2.24, 2.45) is 5.73 Å². The molecule has 0 bridgehead atoms. The topological polar surface area (TPSA) is 55.1 Å². The van der Waals surface area contributed by atoms with Crippen molar-refractivity contribution in [3.63, 3.8) is 0 Å². The molecular weight excluding hydrogens is 279 g/mol. The summed E-state index contributed by atoms with van der Waals surface area (Å²) in [5.41, 5.74) is 5.78. The van der Waals surface area contributed by atoms with Gasteiger partial charge >= 0.3 is 0 Å². The van der Waals surface area contributed by atoms with Crippen molar-refractivity contribution >= 4 is 41.3 Å². The maximum absolute atomic E-state index is 11.7. The first-order valence-corrected chi connectivity index (χ1v) is 6.52. The lowest BCUT2D eigenvalue weighted by Crippen LogP contribution is -2.49. The number of halogens is 2. The van der Waals surface area contributed by atoms with Gasteiger partial charge in [0.25, 0.3) is 5.91 Å². The number of hydrogen-bond acceptors (Lipinski definition) is 3. The Bertz CT molecular complexity index is 364. The van der Waals surface area contributed by atoms with Gasteiger partial charge in [-0.3, -0.25) is 4.79 Å². The van der Waals surface area contributed by atoms with Gasteiger partial charge in [-0.2, -0.15) is 0 Å². The maximum Gasteiger partial charge on any atom is 0.261 e. The first-order chi connectivity index (χ1) is 7.50. The molecule has 0 saturated heterocycles. The monoisotopic (exact) mass is 296 g/mol. The van der Waals surface area contributed by atoms with Crippen LogP contribution in [0.2, 0.25) is 4.34 Å². The largest absolute Gasteiger partial charge is 0.349 e. The lowest BCUT2D eigenvalue weighted by molar-refractivity contribution is 0.0946. The molecule has 6 heteroatoms. The molecule has 0 fully saturated rings. The Labute approximate surface area is 117 Å². The fourth-order valence-electron chi connectivity index (χ4n) is 1.28. The Morgan fingerprint density at radius 1 is 1.47 bits per heavy atom. The molecule has 3 N–H and O–H groups in total. The lowest BCUT2D eigenvalue weighted by atomic mass is 9.94. The fourth-order valence-corrected chi connectivity index (χ4v) is 2.24. The molecular formula is C11H18Cl2N2OS. The van der Waals surface area contributed by atoms with Crippen LogP contribution in [0.15, 0.2) is 12.1 Å². The highest BCUT2D eigenvalue weighted by atomic mass is 35.5. The van der Waals surface area contributed by atoms with Gasteiger partial charge in [0, 0.05) is 12.1 Å². The summed E-state index contributed by atoms with van der Waals surface area (Å²) in [6, 6.07) is 3.44. The van der Waals surface area contributed by atoms with Crippen LogP contribution in [0, 0.1) is 0 Å². The Morgan fingerprint density at radius 3 is 2.47 bits per heavy atom. The first kappa shape index (κ1) is 16.7. The van der Waals surface area contributed by atoms with E-state index in [-0.39, 0.29) is 23.9 Å². The third kappa shape index (κ3) is 4.84. The van der Waals surface area contributed by atoms with Crippen molar-refractivity contribution in [3.05, 3.63) is 21.3 Å². The molecule has 0 saturated carbocycles. The SMILES string of the molecule is CCC(N)(CC)CNC(=O)c1ccc(Cl)s1.Cl. The molecule has 0 aromatic carbocycles. The molecule has 0 aliphatic heterocycles. The normalized spacial score (nSPS) is 10.8. The molecule has 1 amide bonds. The Hall–Kier alpha value is -0.290. The van der Waals surface area contributed by atoms with Gasteiger partial charge in [0.15, 0.2) is 0 Å². The number of hydrogen-bond donors (Lipinski definition) is 2. The standard InChI is InChI=1S/C11H17ClN2OS.ClH/c1-3-11(13,4-2)7-14-10(15)8-5-6-9(12)16-8;/h5-6H,3-4,7,13H2,1-2H3,(H,14,15);1H. The zero-order valence-corrected chi connectivity index (χ0v) is 12.3. The van der Waals surface area contributed by atoms with Gasteiger partial charge in [-0.1, -0.05) is 25.4 Å². The lowest BCUT2D eigenvalue weighted by Gasteiger charge is -2.26. The second-order valence-corrected chi connectivity index (χ2v) is 5.57. The van der Waals surface area contributed by atoms with Crippen LogP contribution in [0.3, 0.4) is 0 Å². The van der Waals surface area contributed by atoms with E-state index in [1.54, 1.807) is 12.1 Å². The summed E-state index contributed by atoms with van der Waals surface area (Å²) in [7, 11) is 0. The van der Waals surface area contributed by atoms with E-state index in [0.717, 1.165) is 12.8 Å². The average molecular weight is 297 g/mol.